The number of carboxylic acids is 1. The van der Waals surface area contributed by atoms with E-state index in [0.717, 1.165) is 6.92 Å². The summed E-state index contributed by atoms with van der Waals surface area (Å²) in [6.45, 7) is -0.0970. The first kappa shape index (κ1) is 28.3. The molecule has 0 aromatic rings. The molecule has 2 heterocycles. The maximum Gasteiger partial charge on any atom is 0.397 e. The van der Waals surface area contributed by atoms with Crippen molar-refractivity contribution >= 4 is 32.7 Å². The molecule has 0 radical (unpaired) electrons. The zero-order chi connectivity index (χ0) is 26.0. The molecule has 20 heteroatoms. The molecule has 34 heavy (non-hydrogen) atoms. The van der Waals surface area contributed by atoms with Gasteiger partial charge in [0.1, 0.15) is 30.5 Å². The van der Waals surface area contributed by atoms with E-state index < -0.39 is 94.2 Å². The predicted octanol–water partition coefficient (Wildman–Crippen LogP) is -4.35. The molecule has 0 aliphatic carbocycles. The number of aliphatic carboxylic acids is 1. The van der Waals surface area contributed by atoms with E-state index in [1.807, 2.05) is 0 Å². The monoisotopic (exact) mass is 539 g/mol. The highest BCUT2D eigenvalue weighted by atomic mass is 32.3. The summed E-state index contributed by atoms with van der Waals surface area (Å²) in [7, 11) is -10.6. The van der Waals surface area contributed by atoms with Crippen LogP contribution in [0, 0.1) is 0 Å². The minimum atomic E-state index is -5.32. The van der Waals surface area contributed by atoms with Crippen LogP contribution in [0.25, 0.3) is 0 Å². The number of aliphatic hydroxyl groups excluding tert-OH is 3. The molecular weight excluding hydrogens is 518 g/mol. The molecule has 1 amide bonds. The fourth-order valence-corrected chi connectivity index (χ4v) is 4.14. The lowest BCUT2D eigenvalue weighted by Crippen LogP contribution is -2.67. The van der Waals surface area contributed by atoms with Crippen LogP contribution in [0.15, 0.2) is 11.8 Å². The first-order valence-electron chi connectivity index (χ1n) is 9.00. The Morgan fingerprint density at radius 3 is 2.09 bits per heavy atom. The molecule has 2 unspecified atom stereocenters. The van der Waals surface area contributed by atoms with Gasteiger partial charge in [-0.25, -0.2) is 13.2 Å². The number of hydrogen-bond acceptors (Lipinski definition) is 14. The van der Waals surface area contributed by atoms with E-state index in [4.69, 9.17) is 28.4 Å². The van der Waals surface area contributed by atoms with E-state index in [0.29, 0.717) is 6.08 Å². The Hall–Kier alpha value is -1.98. The molecular formula is C14H21NO17S2. The number of carbonyl (C=O) groups is 2. The van der Waals surface area contributed by atoms with Crippen LogP contribution in [0.2, 0.25) is 0 Å². The van der Waals surface area contributed by atoms with E-state index >= 15 is 0 Å². The highest BCUT2D eigenvalue weighted by Crippen LogP contribution is 2.31. The van der Waals surface area contributed by atoms with Crippen molar-refractivity contribution in [3.8, 4) is 0 Å². The van der Waals surface area contributed by atoms with Crippen molar-refractivity contribution in [3.05, 3.63) is 11.8 Å². The quantitative estimate of drug-likeness (QED) is 0.136. The molecule has 196 valence electrons. The number of nitrogens with one attached hydrogen (secondary N) is 1. The minimum absolute atomic E-state index is 0.491. The molecule has 0 aromatic heterocycles. The van der Waals surface area contributed by atoms with Gasteiger partial charge in [-0.15, -0.1) is 0 Å². The predicted molar refractivity (Wildman–Crippen MR) is 99.9 cm³/mol. The fourth-order valence-electron chi connectivity index (χ4n) is 3.14. The minimum Gasteiger partial charge on any atom is -0.475 e. The molecule has 0 spiro atoms. The normalized spacial score (nSPS) is 34.6. The second-order valence-electron chi connectivity index (χ2n) is 6.86. The van der Waals surface area contributed by atoms with E-state index in [1.165, 1.54) is 0 Å². The van der Waals surface area contributed by atoms with Gasteiger partial charge in [0.25, 0.3) is 0 Å². The third-order valence-electron chi connectivity index (χ3n) is 4.35. The molecule has 1 saturated heterocycles. The SMILES string of the molecule is CC(=O)N[C@H]1C(O)O[C@H](CO)[C@H](OS(=O)(=O)O)[C@@H]1OC1OC(C(=O)O)=C[C@H](O)[C@H]1OS(=O)(=O)O. The van der Waals surface area contributed by atoms with Gasteiger partial charge in [-0.05, 0) is 6.08 Å². The fraction of sp³-hybridized carbons (Fsp3) is 0.714. The van der Waals surface area contributed by atoms with E-state index in [-0.39, 0.29) is 0 Å². The van der Waals surface area contributed by atoms with Gasteiger partial charge in [0, 0.05) is 6.92 Å². The summed E-state index contributed by atoms with van der Waals surface area (Å²) in [4.78, 5) is 22.9. The zero-order valence-corrected chi connectivity index (χ0v) is 18.5. The number of carbonyl (C=O) groups excluding carboxylic acids is 1. The molecule has 7 N–H and O–H groups in total. The Kier molecular flexibility index (Phi) is 8.93. The van der Waals surface area contributed by atoms with Crippen LogP contribution < -0.4 is 5.32 Å². The van der Waals surface area contributed by atoms with Gasteiger partial charge in [0.05, 0.1) is 6.61 Å². The molecule has 2 aliphatic rings. The van der Waals surface area contributed by atoms with Gasteiger partial charge >= 0.3 is 26.8 Å². The average molecular weight is 539 g/mol. The smallest absolute Gasteiger partial charge is 0.397 e. The molecule has 8 atom stereocenters. The van der Waals surface area contributed by atoms with Crippen molar-refractivity contribution in [3.63, 3.8) is 0 Å². The Balaban J connectivity index is 2.54. The van der Waals surface area contributed by atoms with Crippen LogP contribution in [0.1, 0.15) is 6.92 Å². The van der Waals surface area contributed by atoms with Crippen LogP contribution in [0.4, 0.5) is 0 Å². The lowest BCUT2D eigenvalue weighted by atomic mass is 9.96. The summed E-state index contributed by atoms with van der Waals surface area (Å²) in [5.74, 6) is -3.62. The van der Waals surface area contributed by atoms with Crippen LogP contribution >= 0.6 is 0 Å². The molecule has 2 rings (SSSR count). The maximum atomic E-state index is 11.6. The molecule has 18 nitrogen and oxygen atoms in total. The van der Waals surface area contributed by atoms with E-state index in [9.17, 15) is 41.7 Å². The number of hydrogen-bond donors (Lipinski definition) is 7. The maximum absolute atomic E-state index is 11.6. The third-order valence-corrected chi connectivity index (χ3v) is 5.28. The molecule has 0 aromatic carbocycles. The van der Waals surface area contributed by atoms with Gasteiger partial charge in [-0.3, -0.25) is 13.9 Å². The highest BCUT2D eigenvalue weighted by molar-refractivity contribution is 7.81. The van der Waals surface area contributed by atoms with Crippen LogP contribution in [0.5, 0.6) is 0 Å². The number of aliphatic hydroxyl groups is 3. The highest BCUT2D eigenvalue weighted by Gasteiger charge is 2.52. The third kappa shape index (κ3) is 7.51. The zero-order valence-electron chi connectivity index (χ0n) is 16.9. The lowest BCUT2D eigenvalue weighted by Gasteiger charge is -2.45. The molecule has 2 aliphatic heterocycles. The van der Waals surface area contributed by atoms with Gasteiger partial charge in [0.2, 0.25) is 18.0 Å². The van der Waals surface area contributed by atoms with Gasteiger partial charge in [0.15, 0.2) is 12.4 Å². The summed E-state index contributed by atoms with van der Waals surface area (Å²) in [6, 6.07) is -1.77. The van der Waals surface area contributed by atoms with Crippen LogP contribution in [-0.2, 0) is 53.0 Å². The van der Waals surface area contributed by atoms with Crippen LogP contribution in [-0.4, -0.2) is 114 Å². The van der Waals surface area contributed by atoms with Gasteiger partial charge in [-0.2, -0.15) is 16.8 Å². The van der Waals surface area contributed by atoms with Crippen molar-refractivity contribution in [2.24, 2.45) is 0 Å². The first-order chi connectivity index (χ1) is 15.5. The molecule has 0 bridgehead atoms. The summed E-state index contributed by atoms with van der Waals surface area (Å²) < 4.78 is 87.1. The van der Waals surface area contributed by atoms with Crippen molar-refractivity contribution < 1.29 is 78.5 Å². The Morgan fingerprint density at radius 1 is 1.06 bits per heavy atom. The Bertz CT molecular complexity index is 1010. The Morgan fingerprint density at radius 2 is 1.62 bits per heavy atom. The molecule has 0 saturated carbocycles. The topological polar surface area (TPSA) is 282 Å². The average Bonchev–Trinajstić information content (AvgIpc) is 2.66. The number of carboxylic acid groups (broad SMARTS) is 1. The standard InChI is InChI=1S/C14H21NO17S2/c1-4(17)15-8-11(10(32-34(25,26)27)7(3-16)28-13(8)21)30-14-9(31-33(22,23)24)5(18)2-6(29-14)12(19)20/h2,5,7-11,13-14,16,18,21H,3H2,1H3,(H,15,17)(H,19,20)(H,22,23,24)(H,25,26,27)/t5-,7+,8+,9+,10-,11+,13?,14?/m0/s1. The van der Waals surface area contributed by atoms with Gasteiger partial charge < -0.3 is 40.0 Å². The number of ether oxygens (including phenoxy) is 3. The summed E-state index contributed by atoms with van der Waals surface area (Å²) >= 11 is 0. The summed E-state index contributed by atoms with van der Waals surface area (Å²) in [5, 5.41) is 41.1. The van der Waals surface area contributed by atoms with Crippen molar-refractivity contribution in [2.75, 3.05) is 6.61 Å². The molecule has 1 fully saturated rings. The van der Waals surface area contributed by atoms with E-state index in [2.05, 4.69) is 13.7 Å². The first-order valence-corrected chi connectivity index (χ1v) is 11.7. The Labute approximate surface area is 191 Å². The largest absolute Gasteiger partial charge is 0.475 e. The summed E-state index contributed by atoms with van der Waals surface area (Å²) in [5.41, 5.74) is 0. The second kappa shape index (κ2) is 10.7. The van der Waals surface area contributed by atoms with Crippen molar-refractivity contribution in [2.45, 2.75) is 56.1 Å². The second-order valence-corrected chi connectivity index (χ2v) is 8.96. The van der Waals surface area contributed by atoms with E-state index in [1.54, 1.807) is 0 Å². The van der Waals surface area contributed by atoms with Crippen molar-refractivity contribution in [1.29, 1.82) is 0 Å². The number of amides is 1. The van der Waals surface area contributed by atoms with Crippen LogP contribution in [0.3, 0.4) is 0 Å². The number of rotatable bonds is 9. The lowest BCUT2D eigenvalue weighted by molar-refractivity contribution is -0.296. The van der Waals surface area contributed by atoms with Gasteiger partial charge in [-0.1, -0.05) is 0 Å². The summed E-state index contributed by atoms with van der Waals surface area (Å²) in [6.07, 6.45) is -14.0. The van der Waals surface area contributed by atoms with Crippen molar-refractivity contribution in [1.82, 2.24) is 5.32 Å².